The van der Waals surface area contributed by atoms with Crippen LogP contribution in [0.15, 0.2) is 0 Å². The maximum atomic E-state index is 11.1. The van der Waals surface area contributed by atoms with Crippen molar-refractivity contribution in [1.29, 1.82) is 0 Å². The normalized spacial score (nSPS) is 15.8. The Morgan fingerprint density at radius 2 is 1.85 bits per heavy atom. The van der Waals surface area contributed by atoms with Crippen molar-refractivity contribution in [1.82, 2.24) is 0 Å². The third-order valence-corrected chi connectivity index (χ3v) is 2.48. The average Bonchev–Trinajstić information content (AvgIpc) is 1.79. The van der Waals surface area contributed by atoms with E-state index in [-0.39, 0.29) is 17.8 Å². The largest absolute Gasteiger partial charge is 0.392 e. The first-order valence-corrected chi connectivity index (χ1v) is 5.75. The average molecular weight is 210 g/mol. The van der Waals surface area contributed by atoms with Crippen molar-refractivity contribution in [3.63, 3.8) is 0 Å². The van der Waals surface area contributed by atoms with Gasteiger partial charge in [0, 0.05) is 0 Å². The number of hydrogen-bond acceptors (Lipinski definition) is 4. The molecule has 0 aliphatic carbocycles. The van der Waals surface area contributed by atoms with Crippen molar-refractivity contribution >= 4 is 10.1 Å². The van der Waals surface area contributed by atoms with E-state index in [0.29, 0.717) is 0 Å². The quantitative estimate of drug-likeness (QED) is 0.696. The molecule has 4 nitrogen and oxygen atoms in total. The first kappa shape index (κ1) is 12.9. The minimum Gasteiger partial charge on any atom is -0.392 e. The van der Waals surface area contributed by atoms with Gasteiger partial charge < -0.3 is 5.11 Å². The van der Waals surface area contributed by atoms with Gasteiger partial charge in [-0.25, -0.2) is 0 Å². The van der Waals surface area contributed by atoms with Gasteiger partial charge in [0.15, 0.2) is 0 Å². The van der Waals surface area contributed by atoms with E-state index in [0.717, 1.165) is 0 Å². The van der Waals surface area contributed by atoms with Gasteiger partial charge in [-0.05, 0) is 12.3 Å². The summed E-state index contributed by atoms with van der Waals surface area (Å²) in [5.41, 5.74) is -0.189. The first-order valence-electron chi connectivity index (χ1n) is 4.17. The maximum absolute atomic E-state index is 11.1. The number of aliphatic hydroxyl groups is 1. The molecule has 0 rings (SSSR count). The SMILES string of the molecule is CC(O)CS(=O)(=O)OCC(C)(C)C. The molecule has 0 aromatic carbocycles. The molecule has 80 valence electrons. The molecule has 0 saturated heterocycles. The van der Waals surface area contributed by atoms with Gasteiger partial charge in [0.1, 0.15) is 5.75 Å². The molecule has 0 spiro atoms. The highest BCUT2D eigenvalue weighted by Gasteiger charge is 2.19. The number of aliphatic hydroxyl groups excluding tert-OH is 1. The van der Waals surface area contributed by atoms with Crippen LogP contribution in [-0.2, 0) is 14.3 Å². The lowest BCUT2D eigenvalue weighted by Gasteiger charge is -2.17. The summed E-state index contributed by atoms with van der Waals surface area (Å²) >= 11 is 0. The minimum atomic E-state index is -3.56. The highest BCUT2D eigenvalue weighted by Crippen LogP contribution is 2.14. The second kappa shape index (κ2) is 4.39. The zero-order valence-electron chi connectivity index (χ0n) is 8.57. The molecule has 1 unspecified atom stereocenters. The van der Waals surface area contributed by atoms with Crippen molar-refractivity contribution < 1.29 is 17.7 Å². The van der Waals surface area contributed by atoms with Crippen molar-refractivity contribution in [3.05, 3.63) is 0 Å². The zero-order chi connectivity index (χ0) is 10.7. The van der Waals surface area contributed by atoms with E-state index >= 15 is 0 Å². The fourth-order valence-corrected chi connectivity index (χ4v) is 1.83. The molecule has 0 aromatic rings. The Morgan fingerprint density at radius 3 is 2.15 bits per heavy atom. The fourth-order valence-electron chi connectivity index (χ4n) is 0.610. The van der Waals surface area contributed by atoms with Crippen molar-refractivity contribution in [3.8, 4) is 0 Å². The van der Waals surface area contributed by atoms with E-state index in [4.69, 9.17) is 9.29 Å². The van der Waals surface area contributed by atoms with E-state index in [1.807, 2.05) is 20.8 Å². The fraction of sp³-hybridized carbons (Fsp3) is 1.00. The van der Waals surface area contributed by atoms with Crippen LogP contribution in [-0.4, -0.2) is 32.0 Å². The highest BCUT2D eigenvalue weighted by molar-refractivity contribution is 7.86. The Balaban J connectivity index is 4.06. The monoisotopic (exact) mass is 210 g/mol. The van der Waals surface area contributed by atoms with Gasteiger partial charge in [0.2, 0.25) is 0 Å². The molecule has 0 bridgehead atoms. The molecule has 1 atom stereocenters. The lowest BCUT2D eigenvalue weighted by Crippen LogP contribution is -2.24. The van der Waals surface area contributed by atoms with Crippen LogP contribution in [0, 0.1) is 5.41 Å². The van der Waals surface area contributed by atoms with E-state index in [1.165, 1.54) is 6.92 Å². The maximum Gasteiger partial charge on any atom is 0.269 e. The molecule has 5 heteroatoms. The standard InChI is InChI=1S/C8H18O4S/c1-7(9)5-13(10,11)12-6-8(2,3)4/h7,9H,5-6H2,1-4H3. The minimum absolute atomic E-state index is 0.141. The zero-order valence-corrected chi connectivity index (χ0v) is 9.39. The summed E-state index contributed by atoms with van der Waals surface area (Å²) in [6, 6.07) is 0. The molecular weight excluding hydrogens is 192 g/mol. The Bertz CT molecular complexity index is 235. The van der Waals surface area contributed by atoms with Crippen LogP contribution < -0.4 is 0 Å². The van der Waals surface area contributed by atoms with Crippen LogP contribution in [0.2, 0.25) is 0 Å². The molecule has 0 aliphatic rings. The molecule has 0 heterocycles. The first-order chi connectivity index (χ1) is 5.62. The van der Waals surface area contributed by atoms with Crippen molar-refractivity contribution in [2.24, 2.45) is 5.41 Å². The summed E-state index contributed by atoms with van der Waals surface area (Å²) in [4.78, 5) is 0. The molecule has 0 saturated carbocycles. The van der Waals surface area contributed by atoms with Gasteiger partial charge >= 0.3 is 0 Å². The van der Waals surface area contributed by atoms with Crippen molar-refractivity contribution in [2.75, 3.05) is 12.4 Å². The predicted molar refractivity (Wildman–Crippen MR) is 50.9 cm³/mol. The van der Waals surface area contributed by atoms with Gasteiger partial charge in [-0.1, -0.05) is 20.8 Å². The molecule has 0 aliphatic heterocycles. The van der Waals surface area contributed by atoms with Crippen LogP contribution in [0.25, 0.3) is 0 Å². The lowest BCUT2D eigenvalue weighted by molar-refractivity contribution is 0.186. The molecule has 0 aromatic heterocycles. The molecule has 0 fully saturated rings. The van der Waals surface area contributed by atoms with Gasteiger partial charge in [-0.3, -0.25) is 4.18 Å². The van der Waals surface area contributed by atoms with Crippen LogP contribution in [0.3, 0.4) is 0 Å². The molecule has 0 radical (unpaired) electrons. The third-order valence-electron chi connectivity index (χ3n) is 1.12. The summed E-state index contributed by atoms with van der Waals surface area (Å²) in [5.74, 6) is -0.344. The number of hydrogen-bond donors (Lipinski definition) is 1. The Kier molecular flexibility index (Phi) is 4.35. The summed E-state index contributed by atoms with van der Waals surface area (Å²) in [6.07, 6.45) is -0.884. The number of rotatable bonds is 4. The molecule has 1 N–H and O–H groups in total. The second-order valence-corrected chi connectivity index (χ2v) is 6.08. The predicted octanol–water partition coefficient (Wildman–Crippen LogP) is 0.760. The lowest BCUT2D eigenvalue weighted by atomic mass is 9.99. The van der Waals surface area contributed by atoms with Gasteiger partial charge in [0.25, 0.3) is 10.1 Å². The van der Waals surface area contributed by atoms with Crippen LogP contribution in [0.5, 0.6) is 0 Å². The Labute approximate surface area is 80.0 Å². The van der Waals surface area contributed by atoms with Gasteiger partial charge in [0.05, 0.1) is 12.7 Å². The Hall–Kier alpha value is -0.130. The van der Waals surface area contributed by atoms with Crippen LogP contribution >= 0.6 is 0 Å². The van der Waals surface area contributed by atoms with E-state index < -0.39 is 16.2 Å². The molecule has 0 amide bonds. The van der Waals surface area contributed by atoms with Crippen LogP contribution in [0.1, 0.15) is 27.7 Å². The Morgan fingerprint density at radius 1 is 1.38 bits per heavy atom. The summed E-state index contributed by atoms with van der Waals surface area (Å²) < 4.78 is 26.9. The van der Waals surface area contributed by atoms with Gasteiger partial charge in [-0.2, -0.15) is 8.42 Å². The van der Waals surface area contributed by atoms with E-state index in [9.17, 15) is 8.42 Å². The van der Waals surface area contributed by atoms with Gasteiger partial charge in [-0.15, -0.1) is 0 Å². The second-order valence-electron chi connectivity index (χ2n) is 4.40. The molecule has 13 heavy (non-hydrogen) atoms. The summed E-state index contributed by atoms with van der Waals surface area (Å²) in [6.45, 7) is 7.20. The van der Waals surface area contributed by atoms with Crippen molar-refractivity contribution in [2.45, 2.75) is 33.8 Å². The molecular formula is C8H18O4S. The summed E-state index contributed by atoms with van der Waals surface area (Å²) in [7, 11) is -3.56. The van der Waals surface area contributed by atoms with E-state index in [2.05, 4.69) is 0 Å². The smallest absolute Gasteiger partial charge is 0.269 e. The summed E-state index contributed by atoms with van der Waals surface area (Å²) in [5, 5.41) is 8.86. The van der Waals surface area contributed by atoms with Crippen LogP contribution in [0.4, 0.5) is 0 Å². The van der Waals surface area contributed by atoms with E-state index in [1.54, 1.807) is 0 Å². The topological polar surface area (TPSA) is 63.6 Å². The third kappa shape index (κ3) is 8.21. The highest BCUT2D eigenvalue weighted by atomic mass is 32.2.